The molecular weight excluding hydrogens is 175 g/mol. The molecule has 0 aromatic heterocycles. The molecule has 0 rings (SSSR count). The minimum absolute atomic E-state index is 0.715. The van der Waals surface area contributed by atoms with E-state index in [0.717, 1.165) is 0 Å². The van der Waals surface area contributed by atoms with E-state index < -0.39 is 0 Å². The first-order valence-electron chi connectivity index (χ1n) is 3.43. The molecule has 0 saturated heterocycles. The molecule has 0 aliphatic rings. The molecule has 0 spiro atoms. The standard InChI is InChI=1S/C7H15.Zr/c1-4-7(5-2)6-3;/h4-6H2,1-3H3;. The van der Waals surface area contributed by atoms with Crippen molar-refractivity contribution >= 4 is 0 Å². The Morgan fingerprint density at radius 3 is 1.25 bits per heavy atom. The van der Waals surface area contributed by atoms with Crippen molar-refractivity contribution in [3.05, 3.63) is 0 Å². The van der Waals surface area contributed by atoms with Crippen molar-refractivity contribution < 1.29 is 24.7 Å². The van der Waals surface area contributed by atoms with Gasteiger partial charge in [0.25, 0.3) is 0 Å². The van der Waals surface area contributed by atoms with Crippen LogP contribution in [-0.2, 0) is 24.7 Å². The molecule has 47 valence electrons. The van der Waals surface area contributed by atoms with E-state index in [0.29, 0.717) is 3.12 Å². The fourth-order valence-corrected chi connectivity index (χ4v) is 0.750. The summed E-state index contributed by atoms with van der Waals surface area (Å²) in [5, 5.41) is 0. The third-order valence-corrected chi connectivity index (χ3v) is 4.64. The second kappa shape index (κ2) is 3.82. The van der Waals surface area contributed by atoms with E-state index in [4.69, 9.17) is 0 Å². The second-order valence-electron chi connectivity index (χ2n) is 2.34. The summed E-state index contributed by atoms with van der Waals surface area (Å²) >= 11 is 1.72. The Labute approximate surface area is 67.9 Å². The van der Waals surface area contributed by atoms with Gasteiger partial charge >= 0.3 is 67.9 Å². The third-order valence-electron chi connectivity index (χ3n) is 2.03. The van der Waals surface area contributed by atoms with Crippen molar-refractivity contribution in [2.45, 2.75) is 43.2 Å². The summed E-state index contributed by atoms with van der Waals surface area (Å²) in [5.74, 6) is 0. The Morgan fingerprint density at radius 1 is 1.00 bits per heavy atom. The second-order valence-corrected chi connectivity index (χ2v) is 4.95. The fraction of sp³-hybridized carbons (Fsp3) is 1.00. The van der Waals surface area contributed by atoms with Crippen LogP contribution < -0.4 is 0 Å². The van der Waals surface area contributed by atoms with Gasteiger partial charge in [-0.3, -0.25) is 0 Å². The van der Waals surface area contributed by atoms with E-state index in [2.05, 4.69) is 20.8 Å². The summed E-state index contributed by atoms with van der Waals surface area (Å²) in [7, 11) is 0. The molecule has 0 nitrogen and oxygen atoms in total. The monoisotopic (exact) mass is 189 g/mol. The molecule has 0 aromatic rings. The van der Waals surface area contributed by atoms with Crippen LogP contribution >= 0.6 is 0 Å². The van der Waals surface area contributed by atoms with E-state index in [1.165, 1.54) is 19.3 Å². The summed E-state index contributed by atoms with van der Waals surface area (Å²) in [6, 6.07) is 0. The molecule has 0 aliphatic heterocycles. The molecule has 0 atom stereocenters. The van der Waals surface area contributed by atoms with Gasteiger partial charge < -0.3 is 0 Å². The van der Waals surface area contributed by atoms with Gasteiger partial charge in [0, 0.05) is 0 Å². The van der Waals surface area contributed by atoms with Gasteiger partial charge in [0.15, 0.2) is 0 Å². The van der Waals surface area contributed by atoms with Crippen LogP contribution in [-0.4, -0.2) is 0 Å². The van der Waals surface area contributed by atoms with Crippen molar-refractivity contribution in [1.82, 2.24) is 0 Å². The maximum atomic E-state index is 2.29. The van der Waals surface area contributed by atoms with Crippen LogP contribution in [0.5, 0.6) is 0 Å². The van der Waals surface area contributed by atoms with E-state index >= 15 is 0 Å². The molecule has 0 unspecified atom stereocenters. The SMILES string of the molecule is CC[C]([Zr])(CC)CC. The zero-order valence-electron chi connectivity index (χ0n) is 6.12. The Morgan fingerprint density at radius 2 is 1.25 bits per heavy atom. The summed E-state index contributed by atoms with van der Waals surface area (Å²) in [6.07, 6.45) is 4.08. The van der Waals surface area contributed by atoms with Crippen LogP contribution in [0.25, 0.3) is 0 Å². The van der Waals surface area contributed by atoms with Gasteiger partial charge in [0.1, 0.15) is 0 Å². The van der Waals surface area contributed by atoms with Crippen LogP contribution in [0.1, 0.15) is 40.0 Å². The first-order valence-corrected chi connectivity index (χ1v) is 4.66. The Hall–Kier alpha value is 0.883. The average Bonchev–Trinajstić information content (AvgIpc) is 1.87. The van der Waals surface area contributed by atoms with Gasteiger partial charge in [-0.15, -0.1) is 0 Å². The number of rotatable bonds is 3. The summed E-state index contributed by atoms with van der Waals surface area (Å²) in [5.41, 5.74) is 0. The topological polar surface area (TPSA) is 0 Å². The predicted octanol–water partition coefficient (Wildman–Crippen LogP) is 2.92. The molecule has 8 heavy (non-hydrogen) atoms. The van der Waals surface area contributed by atoms with Crippen LogP contribution in [0.15, 0.2) is 0 Å². The maximum absolute atomic E-state index is 2.29. The molecular formula is C7H15Zr. The minimum atomic E-state index is 0.715. The van der Waals surface area contributed by atoms with E-state index in [1.54, 1.807) is 24.7 Å². The normalized spacial score (nSPS) is 11.8. The predicted molar refractivity (Wildman–Crippen MR) is 33.6 cm³/mol. The van der Waals surface area contributed by atoms with Crippen molar-refractivity contribution in [2.75, 3.05) is 0 Å². The Balaban J connectivity index is 3.58. The zero-order valence-corrected chi connectivity index (χ0v) is 8.58. The van der Waals surface area contributed by atoms with E-state index in [9.17, 15) is 0 Å². The zero-order chi connectivity index (χ0) is 6.62. The van der Waals surface area contributed by atoms with Crippen molar-refractivity contribution in [1.29, 1.82) is 0 Å². The Kier molecular flexibility index (Phi) is 4.25. The molecule has 0 saturated carbocycles. The van der Waals surface area contributed by atoms with E-state index in [-0.39, 0.29) is 0 Å². The molecule has 0 aliphatic carbocycles. The van der Waals surface area contributed by atoms with Crippen LogP contribution in [0.3, 0.4) is 0 Å². The molecule has 1 heteroatoms. The van der Waals surface area contributed by atoms with Crippen LogP contribution in [0.2, 0.25) is 3.12 Å². The van der Waals surface area contributed by atoms with Crippen molar-refractivity contribution in [3.8, 4) is 0 Å². The van der Waals surface area contributed by atoms with Crippen molar-refractivity contribution in [2.24, 2.45) is 0 Å². The molecule has 0 heterocycles. The quantitative estimate of drug-likeness (QED) is 0.642. The molecule has 0 radical (unpaired) electrons. The first-order chi connectivity index (χ1) is 3.68. The first kappa shape index (κ1) is 8.88. The van der Waals surface area contributed by atoms with Gasteiger partial charge in [-0.1, -0.05) is 0 Å². The molecule has 0 bridgehead atoms. The Bertz CT molecular complexity index is 47.1. The van der Waals surface area contributed by atoms with Gasteiger partial charge in [-0.25, -0.2) is 0 Å². The molecule has 0 amide bonds. The summed E-state index contributed by atoms with van der Waals surface area (Å²) in [4.78, 5) is 0. The molecule has 0 aromatic carbocycles. The molecule has 0 N–H and O–H groups in total. The molecule has 0 fully saturated rings. The van der Waals surface area contributed by atoms with Gasteiger partial charge in [-0.05, 0) is 0 Å². The number of hydrogen-bond donors (Lipinski definition) is 0. The third kappa shape index (κ3) is 2.44. The van der Waals surface area contributed by atoms with Gasteiger partial charge in [0.2, 0.25) is 0 Å². The summed E-state index contributed by atoms with van der Waals surface area (Å²) in [6.45, 7) is 6.88. The average molecular weight is 190 g/mol. The van der Waals surface area contributed by atoms with Gasteiger partial charge in [0.05, 0.1) is 0 Å². The van der Waals surface area contributed by atoms with Gasteiger partial charge in [-0.2, -0.15) is 0 Å². The van der Waals surface area contributed by atoms with Crippen LogP contribution in [0, 0.1) is 0 Å². The fourth-order valence-electron chi connectivity index (χ4n) is 0.750. The summed E-state index contributed by atoms with van der Waals surface area (Å²) < 4.78 is 0.715. The number of hydrogen-bond acceptors (Lipinski definition) is 0. The van der Waals surface area contributed by atoms with E-state index in [1.807, 2.05) is 0 Å². The van der Waals surface area contributed by atoms with Crippen LogP contribution in [0.4, 0.5) is 0 Å². The van der Waals surface area contributed by atoms with Crippen molar-refractivity contribution in [3.63, 3.8) is 0 Å².